The van der Waals surface area contributed by atoms with Crippen LogP contribution in [0.25, 0.3) is 0 Å². The molecule has 0 atom stereocenters. The second kappa shape index (κ2) is 7.09. The molecule has 0 aliphatic heterocycles. The topological polar surface area (TPSA) is 51.4 Å². The van der Waals surface area contributed by atoms with Crippen LogP contribution in [-0.4, -0.2) is 25.2 Å². The van der Waals surface area contributed by atoms with Crippen LogP contribution in [0.2, 0.25) is 0 Å². The van der Waals surface area contributed by atoms with Crippen LogP contribution in [0.5, 0.6) is 5.88 Å². The Morgan fingerprint density at radius 1 is 1.39 bits per heavy atom. The number of unbranched alkanes of at least 4 members (excludes halogenated alkanes) is 1. The van der Waals surface area contributed by atoms with Crippen LogP contribution in [0.4, 0.5) is 11.5 Å². The molecule has 0 aliphatic rings. The number of hydrogen-bond acceptors (Lipinski definition) is 4. The lowest BCUT2D eigenvalue weighted by atomic mass is 10.2. The van der Waals surface area contributed by atoms with Crippen LogP contribution in [0, 0.1) is 5.92 Å². The van der Waals surface area contributed by atoms with Crippen molar-refractivity contribution in [3.63, 3.8) is 0 Å². The monoisotopic (exact) mass is 251 g/mol. The molecule has 0 saturated carbocycles. The molecular weight excluding hydrogens is 226 g/mol. The van der Waals surface area contributed by atoms with E-state index in [-0.39, 0.29) is 0 Å². The Labute approximate surface area is 110 Å². The Morgan fingerprint density at radius 3 is 2.72 bits per heavy atom. The summed E-state index contributed by atoms with van der Waals surface area (Å²) in [6.45, 7) is 8.03. The lowest BCUT2D eigenvalue weighted by Gasteiger charge is -2.19. The van der Waals surface area contributed by atoms with Gasteiger partial charge in [-0.2, -0.15) is 4.98 Å². The zero-order chi connectivity index (χ0) is 13.5. The van der Waals surface area contributed by atoms with Gasteiger partial charge in [-0.3, -0.25) is 0 Å². The Hall–Kier alpha value is -1.45. The average Bonchev–Trinajstić information content (AvgIpc) is 2.34. The number of aromatic nitrogens is 1. The van der Waals surface area contributed by atoms with Crippen LogP contribution >= 0.6 is 0 Å². The van der Waals surface area contributed by atoms with Gasteiger partial charge in [-0.15, -0.1) is 0 Å². The van der Waals surface area contributed by atoms with Crippen molar-refractivity contribution in [3.8, 4) is 5.88 Å². The van der Waals surface area contributed by atoms with Crippen molar-refractivity contribution in [1.82, 2.24) is 4.98 Å². The molecule has 0 radical (unpaired) electrons. The van der Waals surface area contributed by atoms with Crippen LogP contribution in [-0.2, 0) is 0 Å². The van der Waals surface area contributed by atoms with Crippen molar-refractivity contribution >= 4 is 11.5 Å². The average molecular weight is 251 g/mol. The number of nitrogen functional groups attached to an aromatic ring is 1. The Balaban J connectivity index is 2.73. The third kappa shape index (κ3) is 4.43. The number of pyridine rings is 1. The zero-order valence-corrected chi connectivity index (χ0v) is 11.9. The van der Waals surface area contributed by atoms with Gasteiger partial charge in [0.05, 0.1) is 12.3 Å². The smallest absolute Gasteiger partial charge is 0.239 e. The maximum atomic E-state index is 5.87. The molecule has 1 aromatic heterocycles. The van der Waals surface area contributed by atoms with E-state index in [1.165, 1.54) is 6.42 Å². The zero-order valence-electron chi connectivity index (χ0n) is 11.9. The molecular formula is C14H25N3O. The highest BCUT2D eigenvalue weighted by Gasteiger charge is 2.08. The van der Waals surface area contributed by atoms with Crippen molar-refractivity contribution in [2.45, 2.75) is 33.6 Å². The van der Waals surface area contributed by atoms with E-state index >= 15 is 0 Å². The first-order valence-corrected chi connectivity index (χ1v) is 6.65. The molecule has 4 heteroatoms. The van der Waals surface area contributed by atoms with Crippen LogP contribution < -0.4 is 15.4 Å². The molecule has 1 aromatic rings. The molecule has 0 aliphatic carbocycles. The molecule has 0 bridgehead atoms. The molecule has 1 rings (SSSR count). The van der Waals surface area contributed by atoms with Gasteiger partial charge < -0.3 is 15.4 Å². The number of rotatable bonds is 7. The molecule has 18 heavy (non-hydrogen) atoms. The van der Waals surface area contributed by atoms with Gasteiger partial charge in [0, 0.05) is 13.6 Å². The van der Waals surface area contributed by atoms with Crippen molar-refractivity contribution in [3.05, 3.63) is 12.1 Å². The van der Waals surface area contributed by atoms with Crippen molar-refractivity contribution in [2.75, 3.05) is 30.8 Å². The maximum absolute atomic E-state index is 5.87. The summed E-state index contributed by atoms with van der Waals surface area (Å²) in [7, 11) is 2.04. The van der Waals surface area contributed by atoms with Crippen LogP contribution in [0.15, 0.2) is 12.1 Å². The van der Waals surface area contributed by atoms with Gasteiger partial charge in [0.15, 0.2) is 0 Å². The highest BCUT2D eigenvalue weighted by Crippen LogP contribution is 2.23. The third-order valence-corrected chi connectivity index (χ3v) is 2.67. The van der Waals surface area contributed by atoms with Gasteiger partial charge in [0.2, 0.25) is 5.88 Å². The minimum absolute atomic E-state index is 0.465. The van der Waals surface area contributed by atoms with Gasteiger partial charge in [-0.25, -0.2) is 0 Å². The molecule has 0 spiro atoms. The lowest BCUT2D eigenvalue weighted by molar-refractivity contribution is 0.263. The van der Waals surface area contributed by atoms with Crippen molar-refractivity contribution in [2.24, 2.45) is 5.92 Å². The third-order valence-electron chi connectivity index (χ3n) is 2.67. The predicted molar refractivity (Wildman–Crippen MR) is 77.2 cm³/mol. The summed E-state index contributed by atoms with van der Waals surface area (Å²) < 4.78 is 5.63. The molecule has 102 valence electrons. The number of nitrogens with two attached hydrogens (primary N) is 1. The first-order valence-electron chi connectivity index (χ1n) is 6.65. The van der Waals surface area contributed by atoms with E-state index in [0.29, 0.717) is 24.1 Å². The fourth-order valence-corrected chi connectivity index (χ4v) is 1.53. The van der Waals surface area contributed by atoms with Gasteiger partial charge in [-0.1, -0.05) is 27.2 Å². The minimum atomic E-state index is 0.465. The van der Waals surface area contributed by atoms with Gasteiger partial charge in [-0.05, 0) is 24.5 Å². The molecule has 2 N–H and O–H groups in total. The summed E-state index contributed by atoms with van der Waals surface area (Å²) in [4.78, 5) is 6.61. The molecule has 4 nitrogen and oxygen atoms in total. The van der Waals surface area contributed by atoms with Gasteiger partial charge in [0.25, 0.3) is 0 Å². The molecule has 1 heterocycles. The summed E-state index contributed by atoms with van der Waals surface area (Å²) in [6, 6.07) is 3.80. The summed E-state index contributed by atoms with van der Waals surface area (Å²) in [5.74, 6) is 1.92. The Kier molecular flexibility index (Phi) is 5.75. The van der Waals surface area contributed by atoms with Gasteiger partial charge >= 0.3 is 0 Å². The largest absolute Gasteiger partial charge is 0.476 e. The van der Waals surface area contributed by atoms with Gasteiger partial charge in [0.1, 0.15) is 5.82 Å². The number of hydrogen-bond donors (Lipinski definition) is 1. The summed E-state index contributed by atoms with van der Waals surface area (Å²) in [5, 5.41) is 0. The fourth-order valence-electron chi connectivity index (χ4n) is 1.53. The van der Waals surface area contributed by atoms with E-state index in [2.05, 4.69) is 30.7 Å². The van der Waals surface area contributed by atoms with E-state index in [1.54, 1.807) is 0 Å². The van der Waals surface area contributed by atoms with E-state index in [1.807, 2.05) is 19.2 Å². The Bertz CT molecular complexity index is 366. The molecule has 0 amide bonds. The van der Waals surface area contributed by atoms with E-state index in [0.717, 1.165) is 18.8 Å². The number of nitrogens with zero attached hydrogens (tertiary/aromatic N) is 2. The highest BCUT2D eigenvalue weighted by molar-refractivity contribution is 5.54. The standard InChI is InChI=1S/C14H25N3O/c1-5-6-9-17(4)13-8-7-12(15)14(16-13)18-10-11(2)3/h7-8,11H,5-6,9-10,15H2,1-4H3. The molecule has 0 fully saturated rings. The van der Waals surface area contributed by atoms with Crippen molar-refractivity contribution in [1.29, 1.82) is 0 Å². The first kappa shape index (κ1) is 14.6. The Morgan fingerprint density at radius 2 is 2.11 bits per heavy atom. The molecule has 0 aromatic carbocycles. The predicted octanol–water partition coefficient (Wildman–Crippen LogP) is 2.93. The second-order valence-electron chi connectivity index (χ2n) is 5.04. The normalized spacial score (nSPS) is 10.7. The molecule has 0 unspecified atom stereocenters. The number of ether oxygens (including phenoxy) is 1. The quantitative estimate of drug-likeness (QED) is 0.809. The van der Waals surface area contributed by atoms with Crippen molar-refractivity contribution < 1.29 is 4.74 Å². The van der Waals surface area contributed by atoms with Crippen LogP contribution in [0.1, 0.15) is 33.6 Å². The SMILES string of the molecule is CCCCN(C)c1ccc(N)c(OCC(C)C)n1. The first-order chi connectivity index (χ1) is 8.54. The lowest BCUT2D eigenvalue weighted by Crippen LogP contribution is -2.20. The second-order valence-corrected chi connectivity index (χ2v) is 5.04. The number of anilines is 2. The highest BCUT2D eigenvalue weighted by atomic mass is 16.5. The molecule has 0 saturated heterocycles. The van der Waals surface area contributed by atoms with E-state index in [4.69, 9.17) is 10.5 Å². The minimum Gasteiger partial charge on any atom is -0.476 e. The maximum Gasteiger partial charge on any atom is 0.239 e. The summed E-state index contributed by atoms with van der Waals surface area (Å²) in [5.41, 5.74) is 6.47. The van der Waals surface area contributed by atoms with Crippen LogP contribution in [0.3, 0.4) is 0 Å². The van der Waals surface area contributed by atoms with E-state index in [9.17, 15) is 0 Å². The summed E-state index contributed by atoms with van der Waals surface area (Å²) >= 11 is 0. The fraction of sp³-hybridized carbons (Fsp3) is 0.643. The van der Waals surface area contributed by atoms with E-state index < -0.39 is 0 Å². The summed E-state index contributed by atoms with van der Waals surface area (Å²) in [6.07, 6.45) is 2.33.